The van der Waals surface area contributed by atoms with Crippen LogP contribution in [-0.4, -0.2) is 99.6 Å². The van der Waals surface area contributed by atoms with Crippen molar-refractivity contribution in [2.45, 2.75) is 416 Å². The van der Waals surface area contributed by atoms with Gasteiger partial charge < -0.3 is 45.1 Å². The van der Waals surface area contributed by atoms with Gasteiger partial charge in [0, 0.05) is 6.42 Å². The minimum Gasteiger partial charge on any atom is -0.454 e. The van der Waals surface area contributed by atoms with Crippen LogP contribution in [-0.2, 0) is 23.8 Å². The lowest BCUT2D eigenvalue weighted by Gasteiger charge is -2.41. The molecule has 1 aliphatic rings. The molecule has 0 aromatic carbocycles. The van der Waals surface area contributed by atoms with E-state index in [9.17, 15) is 35.1 Å². The highest BCUT2D eigenvalue weighted by atomic mass is 16.7. The number of aliphatic hydroxyl groups is 5. The number of ether oxygens (including phenoxy) is 3. The lowest BCUT2D eigenvalue weighted by Crippen LogP contribution is -2.61. The number of amides is 1. The average Bonchev–Trinajstić information content (AvgIpc) is 0.875. The zero-order chi connectivity index (χ0) is 66.7. The molecule has 0 aromatic rings. The van der Waals surface area contributed by atoms with Gasteiger partial charge in [0.2, 0.25) is 5.91 Å². The predicted octanol–water partition coefficient (Wildman–Crippen LogP) is 21.0. The molecule has 0 radical (unpaired) electrons. The quantitative estimate of drug-likeness (QED) is 0.0195. The van der Waals surface area contributed by atoms with Crippen LogP contribution in [0, 0.1) is 0 Å². The van der Waals surface area contributed by atoms with Crippen LogP contribution in [0.4, 0.5) is 0 Å². The van der Waals surface area contributed by atoms with Crippen LogP contribution in [0.3, 0.4) is 0 Å². The Hall–Kier alpha value is -2.90. The van der Waals surface area contributed by atoms with E-state index in [1.807, 2.05) is 6.08 Å². The summed E-state index contributed by atoms with van der Waals surface area (Å²) in [4.78, 5) is 26.8. The number of esters is 1. The Bertz CT molecular complexity index is 1780. The summed E-state index contributed by atoms with van der Waals surface area (Å²) in [7, 11) is 0. The Labute approximate surface area is 566 Å². The second-order valence-electron chi connectivity index (χ2n) is 27.1. The SMILES string of the molecule is CC/C=C\C/C=C\C/C=C\C/C=C\C/C=C\CCCCCCCCCCCCCC(=O)OC1C(OCC(NC(=O)C(O)CCCCCCCCCCCCCCCCCCCCCCCCCC)C(O)/C=C/CCCCCCCCCCCC)OC(CO)C(O)C1O. The molecule has 6 N–H and O–H groups in total. The molecule has 1 aliphatic heterocycles. The summed E-state index contributed by atoms with van der Waals surface area (Å²) >= 11 is 0. The largest absolute Gasteiger partial charge is 0.454 e. The third-order valence-corrected chi connectivity index (χ3v) is 18.4. The number of unbranched alkanes of at least 4 members (excludes halogenated alkanes) is 44. The average molecular weight is 1300 g/mol. The van der Waals surface area contributed by atoms with Gasteiger partial charge >= 0.3 is 5.97 Å². The van der Waals surface area contributed by atoms with E-state index in [4.69, 9.17) is 14.2 Å². The first kappa shape index (κ1) is 87.1. The van der Waals surface area contributed by atoms with Crippen molar-refractivity contribution in [2.75, 3.05) is 13.2 Å². The highest BCUT2D eigenvalue weighted by Gasteiger charge is 2.47. The van der Waals surface area contributed by atoms with E-state index in [0.29, 0.717) is 19.3 Å². The molecule has 92 heavy (non-hydrogen) atoms. The van der Waals surface area contributed by atoms with E-state index in [1.165, 1.54) is 225 Å². The van der Waals surface area contributed by atoms with Crippen molar-refractivity contribution in [1.82, 2.24) is 5.32 Å². The van der Waals surface area contributed by atoms with Crippen molar-refractivity contribution in [3.05, 3.63) is 72.9 Å². The maximum atomic E-state index is 13.5. The molecule has 1 amide bonds. The topological polar surface area (TPSA) is 175 Å². The zero-order valence-corrected chi connectivity index (χ0v) is 59.9. The Morgan fingerprint density at radius 2 is 0.783 bits per heavy atom. The Morgan fingerprint density at radius 1 is 0.435 bits per heavy atom. The number of hydrogen-bond donors (Lipinski definition) is 6. The minimum atomic E-state index is -1.62. The summed E-state index contributed by atoms with van der Waals surface area (Å²) in [5.41, 5.74) is 0. The van der Waals surface area contributed by atoms with Gasteiger partial charge in [0.05, 0.1) is 25.4 Å². The van der Waals surface area contributed by atoms with E-state index in [-0.39, 0.29) is 13.0 Å². The number of rotatable bonds is 68. The second-order valence-corrected chi connectivity index (χ2v) is 27.1. The molecule has 0 aromatic heterocycles. The van der Waals surface area contributed by atoms with Gasteiger partial charge in [0.1, 0.15) is 24.4 Å². The predicted molar refractivity (Wildman–Crippen MR) is 389 cm³/mol. The van der Waals surface area contributed by atoms with Crippen molar-refractivity contribution >= 4 is 11.9 Å². The van der Waals surface area contributed by atoms with E-state index >= 15 is 0 Å². The van der Waals surface area contributed by atoms with Crippen LogP contribution in [0.25, 0.3) is 0 Å². The summed E-state index contributed by atoms with van der Waals surface area (Å²) in [6, 6.07) is -1.03. The molecule has 0 aliphatic carbocycles. The molecule has 0 bridgehead atoms. The first-order valence-electron chi connectivity index (χ1n) is 39.2. The summed E-state index contributed by atoms with van der Waals surface area (Å²) in [5.74, 6) is -1.18. The van der Waals surface area contributed by atoms with Crippen LogP contribution >= 0.6 is 0 Å². The summed E-state index contributed by atoms with van der Waals surface area (Å²) in [5, 5.41) is 57.4. The molecule has 536 valence electrons. The van der Waals surface area contributed by atoms with Gasteiger partial charge in [-0.1, -0.05) is 363 Å². The molecule has 1 fully saturated rings. The molecular weight excluding hydrogens is 1150 g/mol. The van der Waals surface area contributed by atoms with Crippen molar-refractivity contribution in [3.8, 4) is 0 Å². The van der Waals surface area contributed by atoms with E-state index < -0.39 is 67.4 Å². The molecule has 8 atom stereocenters. The Balaban J connectivity index is 2.50. The Morgan fingerprint density at radius 3 is 1.17 bits per heavy atom. The highest BCUT2D eigenvalue weighted by Crippen LogP contribution is 2.27. The maximum Gasteiger partial charge on any atom is 0.306 e. The van der Waals surface area contributed by atoms with E-state index in [0.717, 1.165) is 96.3 Å². The Kier molecular flexibility index (Phi) is 64.4. The molecule has 11 heteroatoms. The van der Waals surface area contributed by atoms with Gasteiger partial charge in [-0.05, 0) is 70.6 Å². The van der Waals surface area contributed by atoms with Gasteiger partial charge in [-0.2, -0.15) is 0 Å². The van der Waals surface area contributed by atoms with Crippen LogP contribution < -0.4 is 5.32 Å². The second kappa shape index (κ2) is 68.1. The molecule has 0 spiro atoms. The highest BCUT2D eigenvalue weighted by molar-refractivity contribution is 5.80. The molecule has 1 heterocycles. The van der Waals surface area contributed by atoms with Crippen molar-refractivity contribution in [2.24, 2.45) is 0 Å². The van der Waals surface area contributed by atoms with Crippen LogP contribution in [0.15, 0.2) is 72.9 Å². The monoisotopic (exact) mass is 1290 g/mol. The lowest BCUT2D eigenvalue weighted by atomic mass is 9.99. The van der Waals surface area contributed by atoms with Gasteiger partial charge in [0.15, 0.2) is 12.4 Å². The number of carbonyl (C=O) groups excluding carboxylic acids is 2. The molecule has 11 nitrogen and oxygen atoms in total. The fraction of sp³-hybridized carbons (Fsp3) is 0.827. The number of hydrogen-bond acceptors (Lipinski definition) is 10. The summed E-state index contributed by atoms with van der Waals surface area (Å²) < 4.78 is 17.7. The van der Waals surface area contributed by atoms with Crippen LogP contribution in [0.5, 0.6) is 0 Å². The zero-order valence-electron chi connectivity index (χ0n) is 59.9. The number of carbonyl (C=O) groups is 2. The van der Waals surface area contributed by atoms with Crippen molar-refractivity contribution < 1.29 is 49.3 Å². The number of allylic oxidation sites excluding steroid dienone is 11. The number of aliphatic hydroxyl groups excluding tert-OH is 5. The summed E-state index contributed by atoms with van der Waals surface area (Å²) in [6.07, 6.45) is 79.5. The van der Waals surface area contributed by atoms with Gasteiger partial charge in [-0.15, -0.1) is 0 Å². The third kappa shape index (κ3) is 54.2. The van der Waals surface area contributed by atoms with Crippen LogP contribution in [0.2, 0.25) is 0 Å². The lowest BCUT2D eigenvalue weighted by molar-refractivity contribution is -0.305. The molecular formula is C81H147NO10. The fourth-order valence-electron chi connectivity index (χ4n) is 12.3. The molecule has 1 rings (SSSR count). The fourth-order valence-corrected chi connectivity index (χ4v) is 12.3. The third-order valence-electron chi connectivity index (χ3n) is 18.4. The van der Waals surface area contributed by atoms with Crippen molar-refractivity contribution in [3.63, 3.8) is 0 Å². The first-order chi connectivity index (χ1) is 45.2. The molecule has 1 saturated heterocycles. The minimum absolute atomic E-state index is 0.119. The van der Waals surface area contributed by atoms with Crippen molar-refractivity contribution in [1.29, 1.82) is 0 Å². The van der Waals surface area contributed by atoms with Crippen LogP contribution in [0.1, 0.15) is 367 Å². The van der Waals surface area contributed by atoms with Gasteiger partial charge in [-0.25, -0.2) is 0 Å². The van der Waals surface area contributed by atoms with Gasteiger partial charge in [-0.3, -0.25) is 9.59 Å². The van der Waals surface area contributed by atoms with E-state index in [2.05, 4.69) is 86.8 Å². The van der Waals surface area contributed by atoms with Gasteiger partial charge in [0.25, 0.3) is 0 Å². The van der Waals surface area contributed by atoms with E-state index in [1.54, 1.807) is 6.08 Å². The normalized spacial score (nSPS) is 18.3. The molecule has 0 saturated carbocycles. The first-order valence-corrected chi connectivity index (χ1v) is 39.2. The maximum absolute atomic E-state index is 13.5. The number of nitrogens with one attached hydrogen (secondary N) is 1. The summed E-state index contributed by atoms with van der Waals surface area (Å²) in [6.45, 7) is 5.74. The standard InChI is InChI=1S/C81H147NO10/c1-4-7-10-13-16-19-22-25-27-29-31-33-35-37-38-39-41-43-45-47-49-51-54-57-60-63-66-69-76(86)92-79-78(88)77(87)75(70-83)91-81(79)90-71-72(73(84)67-64-61-58-55-52-24-21-18-15-12-9-6-3)82-80(89)74(85)68-65-62-59-56-53-50-48-46-44-42-40-36-34-32-30-28-26-23-20-17-14-11-8-5-2/h7,10,16,19,25,27,31,33,37-38,64,67,72-75,77-79,81,83-85,87-88H,4-6,8-9,11-15,17-18,20-24,26,28-30,32,34-36,39-63,65-66,68-71H2,1-3H3,(H,82,89)/b10-7-,19-16-,27-25-,33-31-,38-37-,67-64+. The molecule has 8 unspecified atom stereocenters. The smallest absolute Gasteiger partial charge is 0.306 e.